The van der Waals surface area contributed by atoms with Crippen LogP contribution in [0.1, 0.15) is 11.1 Å². The zero-order chi connectivity index (χ0) is 17.6. The van der Waals surface area contributed by atoms with E-state index >= 15 is 0 Å². The maximum Gasteiger partial charge on any atom is 0.298 e. The van der Waals surface area contributed by atoms with Gasteiger partial charge in [0.05, 0.1) is 5.69 Å². The van der Waals surface area contributed by atoms with Crippen molar-refractivity contribution in [3.05, 3.63) is 87.6 Å². The quantitative estimate of drug-likeness (QED) is 0.537. The number of hydrogen-bond donors (Lipinski definition) is 0. The standard InChI is InChI=1S/C20H16ClN3O/c1-13-9-14(2)11-17(10-13)24-8-7-23-12-18(22-19(23)20(24)25)15-3-5-16(21)6-4-15/h3-12H,1-2H3. The van der Waals surface area contributed by atoms with Gasteiger partial charge in [0.15, 0.2) is 0 Å². The van der Waals surface area contributed by atoms with Gasteiger partial charge in [-0.05, 0) is 49.2 Å². The van der Waals surface area contributed by atoms with Crippen LogP contribution in [0, 0.1) is 13.8 Å². The smallest absolute Gasteiger partial charge is 0.298 e. The lowest BCUT2D eigenvalue weighted by Crippen LogP contribution is -2.20. The van der Waals surface area contributed by atoms with Crippen LogP contribution >= 0.6 is 11.6 Å². The van der Waals surface area contributed by atoms with Gasteiger partial charge < -0.3 is 4.40 Å². The fraction of sp³-hybridized carbons (Fsp3) is 0.100. The summed E-state index contributed by atoms with van der Waals surface area (Å²) >= 11 is 5.94. The molecule has 124 valence electrons. The highest BCUT2D eigenvalue weighted by atomic mass is 35.5. The molecule has 0 N–H and O–H groups in total. The Balaban J connectivity index is 1.88. The van der Waals surface area contributed by atoms with Gasteiger partial charge in [-0.25, -0.2) is 4.98 Å². The monoisotopic (exact) mass is 349 g/mol. The van der Waals surface area contributed by atoms with Gasteiger partial charge in [-0.1, -0.05) is 29.8 Å². The first-order valence-electron chi connectivity index (χ1n) is 7.96. The molecule has 0 aliphatic rings. The number of nitrogens with zero attached hydrogens (tertiary/aromatic N) is 3. The molecule has 25 heavy (non-hydrogen) atoms. The highest BCUT2D eigenvalue weighted by Gasteiger charge is 2.10. The summed E-state index contributed by atoms with van der Waals surface area (Å²) in [5, 5.41) is 0.671. The van der Waals surface area contributed by atoms with Crippen molar-refractivity contribution in [2.75, 3.05) is 0 Å². The SMILES string of the molecule is Cc1cc(C)cc(-n2ccn3cc(-c4ccc(Cl)cc4)nc3c2=O)c1. The number of aryl methyl sites for hydroxylation is 2. The Labute approximate surface area is 150 Å². The molecular weight excluding hydrogens is 334 g/mol. The van der Waals surface area contributed by atoms with Crippen molar-refractivity contribution >= 4 is 17.2 Å². The van der Waals surface area contributed by atoms with Crippen LogP contribution in [0.2, 0.25) is 5.02 Å². The maximum absolute atomic E-state index is 12.9. The zero-order valence-electron chi connectivity index (χ0n) is 13.9. The molecule has 0 saturated carbocycles. The molecule has 2 aromatic heterocycles. The van der Waals surface area contributed by atoms with E-state index in [1.54, 1.807) is 15.2 Å². The summed E-state index contributed by atoms with van der Waals surface area (Å²) in [4.78, 5) is 17.4. The molecule has 4 nitrogen and oxygen atoms in total. The van der Waals surface area contributed by atoms with E-state index in [2.05, 4.69) is 11.1 Å². The van der Waals surface area contributed by atoms with Gasteiger partial charge in [-0.15, -0.1) is 0 Å². The van der Waals surface area contributed by atoms with E-state index in [4.69, 9.17) is 11.6 Å². The number of halogens is 1. The van der Waals surface area contributed by atoms with Crippen LogP contribution in [0.15, 0.2) is 65.8 Å². The molecule has 0 radical (unpaired) electrons. The number of aromatic nitrogens is 3. The molecule has 4 rings (SSSR count). The van der Waals surface area contributed by atoms with Crippen LogP contribution in [0.4, 0.5) is 0 Å². The van der Waals surface area contributed by atoms with E-state index < -0.39 is 0 Å². The van der Waals surface area contributed by atoms with Gasteiger partial charge in [-0.2, -0.15) is 0 Å². The summed E-state index contributed by atoms with van der Waals surface area (Å²) < 4.78 is 3.39. The molecule has 0 saturated heterocycles. The Kier molecular flexibility index (Phi) is 3.70. The van der Waals surface area contributed by atoms with Crippen LogP contribution < -0.4 is 5.56 Å². The lowest BCUT2D eigenvalue weighted by molar-refractivity contribution is 0.946. The fourth-order valence-electron chi connectivity index (χ4n) is 3.03. The lowest BCUT2D eigenvalue weighted by Gasteiger charge is -2.08. The normalized spacial score (nSPS) is 11.2. The van der Waals surface area contributed by atoms with E-state index in [1.807, 2.05) is 62.6 Å². The van der Waals surface area contributed by atoms with Crippen molar-refractivity contribution < 1.29 is 0 Å². The van der Waals surface area contributed by atoms with E-state index in [1.165, 1.54) is 0 Å². The second-order valence-corrected chi connectivity index (χ2v) is 6.62. The fourth-order valence-corrected chi connectivity index (χ4v) is 3.16. The summed E-state index contributed by atoms with van der Waals surface area (Å²) in [5.41, 5.74) is 5.00. The summed E-state index contributed by atoms with van der Waals surface area (Å²) in [6.07, 6.45) is 5.48. The first-order chi connectivity index (χ1) is 12.0. The molecule has 0 aliphatic carbocycles. The number of rotatable bonds is 2. The van der Waals surface area contributed by atoms with Gasteiger partial charge in [0, 0.05) is 34.9 Å². The largest absolute Gasteiger partial charge is 0.300 e. The highest BCUT2D eigenvalue weighted by Crippen LogP contribution is 2.21. The predicted octanol–water partition coefficient (Wildman–Crippen LogP) is 4.42. The summed E-state index contributed by atoms with van der Waals surface area (Å²) in [6.45, 7) is 4.04. The number of hydrogen-bond acceptors (Lipinski definition) is 2. The van der Waals surface area contributed by atoms with E-state index in [-0.39, 0.29) is 5.56 Å². The molecule has 0 amide bonds. The van der Waals surface area contributed by atoms with Gasteiger partial charge in [0.1, 0.15) is 0 Å². The third-order valence-electron chi connectivity index (χ3n) is 4.14. The van der Waals surface area contributed by atoms with Crippen molar-refractivity contribution in [3.8, 4) is 16.9 Å². The summed E-state index contributed by atoms with van der Waals surface area (Å²) in [5.74, 6) is 0. The maximum atomic E-state index is 12.9. The van der Waals surface area contributed by atoms with Crippen molar-refractivity contribution in [3.63, 3.8) is 0 Å². The van der Waals surface area contributed by atoms with Crippen molar-refractivity contribution in [2.45, 2.75) is 13.8 Å². The Hall–Kier alpha value is -2.85. The zero-order valence-corrected chi connectivity index (χ0v) is 14.7. The molecule has 0 atom stereocenters. The minimum Gasteiger partial charge on any atom is -0.300 e. The van der Waals surface area contributed by atoms with Crippen LogP contribution in [0.3, 0.4) is 0 Å². The van der Waals surface area contributed by atoms with Crippen molar-refractivity contribution in [2.24, 2.45) is 0 Å². The third-order valence-corrected chi connectivity index (χ3v) is 4.40. The second-order valence-electron chi connectivity index (χ2n) is 6.18. The molecule has 0 fully saturated rings. The van der Waals surface area contributed by atoms with Crippen molar-refractivity contribution in [1.29, 1.82) is 0 Å². The molecular formula is C20H16ClN3O. The molecule has 0 aliphatic heterocycles. The Morgan fingerprint density at radius 2 is 1.64 bits per heavy atom. The highest BCUT2D eigenvalue weighted by molar-refractivity contribution is 6.30. The van der Waals surface area contributed by atoms with Crippen LogP contribution in [0.5, 0.6) is 0 Å². The molecule has 4 aromatic rings. The Morgan fingerprint density at radius 1 is 0.960 bits per heavy atom. The van der Waals surface area contributed by atoms with E-state index in [9.17, 15) is 4.79 Å². The molecule has 5 heteroatoms. The number of benzene rings is 2. The number of fused-ring (bicyclic) bond motifs is 1. The minimum atomic E-state index is -0.146. The first kappa shape index (κ1) is 15.7. The molecule has 0 bridgehead atoms. The van der Waals surface area contributed by atoms with Crippen molar-refractivity contribution in [1.82, 2.24) is 14.0 Å². The average Bonchev–Trinajstić information content (AvgIpc) is 3.00. The van der Waals surface area contributed by atoms with Crippen LogP contribution in [-0.2, 0) is 0 Å². The van der Waals surface area contributed by atoms with Gasteiger partial charge in [0.25, 0.3) is 5.56 Å². The Morgan fingerprint density at radius 3 is 2.32 bits per heavy atom. The second kappa shape index (κ2) is 5.90. The third kappa shape index (κ3) is 2.85. The first-order valence-corrected chi connectivity index (χ1v) is 8.34. The van der Waals surface area contributed by atoms with Crippen LogP contribution in [0.25, 0.3) is 22.6 Å². The molecule has 2 aromatic carbocycles. The van der Waals surface area contributed by atoms with Gasteiger partial charge in [-0.3, -0.25) is 9.36 Å². The molecule has 2 heterocycles. The topological polar surface area (TPSA) is 39.3 Å². The van der Waals surface area contributed by atoms with Crippen LogP contribution in [-0.4, -0.2) is 14.0 Å². The molecule has 0 unspecified atom stereocenters. The van der Waals surface area contributed by atoms with E-state index in [0.29, 0.717) is 10.7 Å². The minimum absolute atomic E-state index is 0.146. The predicted molar refractivity (Wildman–Crippen MR) is 101 cm³/mol. The lowest BCUT2D eigenvalue weighted by atomic mass is 10.1. The number of imidazole rings is 1. The Bertz CT molecular complexity index is 1120. The summed E-state index contributed by atoms with van der Waals surface area (Å²) in [7, 11) is 0. The van der Waals surface area contributed by atoms with Gasteiger partial charge >= 0.3 is 0 Å². The molecule has 0 spiro atoms. The van der Waals surface area contributed by atoms with Gasteiger partial charge in [0.2, 0.25) is 5.65 Å². The summed E-state index contributed by atoms with van der Waals surface area (Å²) in [6, 6.07) is 13.5. The van der Waals surface area contributed by atoms with E-state index in [0.717, 1.165) is 28.1 Å². The average molecular weight is 350 g/mol.